The first kappa shape index (κ1) is 27.3. The maximum atomic E-state index is 13.6. The molecule has 0 aliphatic rings. The van der Waals surface area contributed by atoms with Crippen LogP contribution >= 0.6 is 0 Å². The number of nitrogens with one attached hydrogen (secondary N) is 2. The number of carbonyl (C=O) groups is 2. The molecule has 0 radical (unpaired) electrons. The summed E-state index contributed by atoms with van der Waals surface area (Å²) in [5.74, 6) is 5.13. The Morgan fingerprint density at radius 2 is 1.77 bits per heavy atom. The molecule has 4 rings (SSSR count). The van der Waals surface area contributed by atoms with Crippen LogP contribution in [0.4, 0.5) is 5.69 Å². The topological polar surface area (TPSA) is 126 Å². The lowest BCUT2D eigenvalue weighted by Crippen LogP contribution is -2.32. The van der Waals surface area contributed by atoms with E-state index < -0.39 is 15.6 Å². The minimum Gasteiger partial charge on any atom is -0.396 e. The van der Waals surface area contributed by atoms with Crippen LogP contribution in [0.5, 0.6) is 0 Å². The first-order chi connectivity index (χ1) is 18.8. The van der Waals surface area contributed by atoms with E-state index in [0.29, 0.717) is 27.4 Å². The SMILES string of the molecule is Cc1cc(C(=O)Nc2cccc(C#Cc3cncc(C(=O)NS(=O)(=CCCO)c4ccccc4)c3)c2)n(C)n1. The van der Waals surface area contributed by atoms with Crippen molar-refractivity contribution in [2.75, 3.05) is 11.9 Å². The van der Waals surface area contributed by atoms with E-state index in [4.69, 9.17) is 0 Å². The number of amides is 2. The van der Waals surface area contributed by atoms with Gasteiger partial charge >= 0.3 is 0 Å². The van der Waals surface area contributed by atoms with Crippen LogP contribution in [0, 0.1) is 18.8 Å². The molecule has 3 N–H and O–H groups in total. The quantitative estimate of drug-likeness (QED) is 0.244. The molecule has 1 atom stereocenters. The number of carbonyl (C=O) groups excluding carboxylic acids is 2. The van der Waals surface area contributed by atoms with Crippen LogP contribution in [0.25, 0.3) is 0 Å². The number of hydrogen-bond donors (Lipinski definition) is 3. The molecular weight excluding hydrogens is 514 g/mol. The Labute approximate surface area is 227 Å². The van der Waals surface area contributed by atoms with E-state index in [-0.39, 0.29) is 24.5 Å². The molecule has 1 unspecified atom stereocenters. The summed E-state index contributed by atoms with van der Waals surface area (Å²) in [7, 11) is -1.36. The van der Waals surface area contributed by atoms with Gasteiger partial charge in [0.15, 0.2) is 0 Å². The first-order valence-corrected chi connectivity index (χ1v) is 13.6. The molecule has 2 aromatic heterocycles. The van der Waals surface area contributed by atoms with Gasteiger partial charge in [0.25, 0.3) is 11.8 Å². The lowest BCUT2D eigenvalue weighted by atomic mass is 10.1. The fraction of sp³-hybridized carbons (Fsp3) is 0.138. The summed E-state index contributed by atoms with van der Waals surface area (Å²) in [6.45, 7) is 1.62. The van der Waals surface area contributed by atoms with Crippen molar-refractivity contribution in [2.45, 2.75) is 18.2 Å². The molecule has 0 spiro atoms. The average molecular weight is 542 g/mol. The number of pyridine rings is 1. The molecule has 0 saturated heterocycles. The highest BCUT2D eigenvalue weighted by Crippen LogP contribution is 2.14. The number of aryl methyl sites for hydroxylation is 2. The van der Waals surface area contributed by atoms with E-state index in [1.807, 2.05) is 6.92 Å². The van der Waals surface area contributed by atoms with Crippen LogP contribution in [-0.4, -0.2) is 47.9 Å². The van der Waals surface area contributed by atoms with E-state index in [9.17, 15) is 18.9 Å². The summed E-state index contributed by atoms with van der Waals surface area (Å²) in [6.07, 6.45) is 3.04. The Bertz CT molecular complexity index is 1690. The molecule has 0 aliphatic heterocycles. The van der Waals surface area contributed by atoms with E-state index in [1.54, 1.807) is 73.8 Å². The lowest BCUT2D eigenvalue weighted by molar-refractivity contribution is 0.0980. The molecule has 10 heteroatoms. The molecule has 0 aliphatic carbocycles. The van der Waals surface area contributed by atoms with Gasteiger partial charge in [0.2, 0.25) is 0 Å². The number of benzene rings is 2. The third-order valence-electron chi connectivity index (χ3n) is 5.53. The van der Waals surface area contributed by atoms with Crippen LogP contribution < -0.4 is 10.0 Å². The Hall–Kier alpha value is -4.72. The average Bonchev–Trinajstić information content (AvgIpc) is 3.29. The maximum absolute atomic E-state index is 13.6. The molecule has 198 valence electrons. The van der Waals surface area contributed by atoms with Crippen molar-refractivity contribution in [3.05, 3.63) is 107 Å². The Kier molecular flexibility index (Phi) is 8.56. The molecule has 39 heavy (non-hydrogen) atoms. The van der Waals surface area contributed by atoms with Crippen LogP contribution in [0.3, 0.4) is 0 Å². The van der Waals surface area contributed by atoms with E-state index in [2.05, 4.69) is 32.0 Å². The third-order valence-corrected chi connectivity index (χ3v) is 7.69. The van der Waals surface area contributed by atoms with Crippen molar-refractivity contribution in [3.63, 3.8) is 0 Å². The van der Waals surface area contributed by atoms with Crippen molar-refractivity contribution in [1.82, 2.24) is 19.5 Å². The molecule has 4 aromatic rings. The van der Waals surface area contributed by atoms with E-state index >= 15 is 0 Å². The van der Waals surface area contributed by atoms with E-state index in [0.717, 1.165) is 5.69 Å². The predicted molar refractivity (Wildman–Crippen MR) is 151 cm³/mol. The molecule has 2 aromatic carbocycles. The normalized spacial score (nSPS) is 12.0. The van der Waals surface area contributed by atoms with Crippen LogP contribution in [-0.2, 0) is 16.8 Å². The lowest BCUT2D eigenvalue weighted by Gasteiger charge is -2.13. The summed E-state index contributed by atoms with van der Waals surface area (Å²) in [6, 6.07) is 18.9. The number of anilines is 1. The minimum absolute atomic E-state index is 0.152. The summed E-state index contributed by atoms with van der Waals surface area (Å²) >= 11 is 0. The number of hydrogen-bond acceptors (Lipinski definition) is 6. The predicted octanol–water partition coefficient (Wildman–Crippen LogP) is 2.95. The zero-order valence-electron chi connectivity index (χ0n) is 21.4. The highest BCUT2D eigenvalue weighted by molar-refractivity contribution is 8.00. The van der Waals surface area contributed by atoms with Crippen LogP contribution in [0.2, 0.25) is 0 Å². The van der Waals surface area contributed by atoms with E-state index in [1.165, 1.54) is 22.4 Å². The van der Waals surface area contributed by atoms with Crippen molar-refractivity contribution in [2.24, 2.45) is 7.05 Å². The molecule has 2 heterocycles. The number of rotatable bonds is 7. The fourth-order valence-electron chi connectivity index (χ4n) is 3.70. The molecular formula is C29H27N5O4S. The zero-order chi connectivity index (χ0) is 27.8. The number of nitrogens with zero attached hydrogens (tertiary/aromatic N) is 3. The molecule has 9 nitrogen and oxygen atoms in total. The maximum Gasteiger partial charge on any atom is 0.273 e. The van der Waals surface area contributed by atoms with Gasteiger partial charge in [0.05, 0.1) is 21.0 Å². The van der Waals surface area contributed by atoms with Gasteiger partial charge in [-0.3, -0.25) is 24.0 Å². The van der Waals surface area contributed by atoms with Gasteiger partial charge in [-0.1, -0.05) is 36.1 Å². The zero-order valence-corrected chi connectivity index (χ0v) is 22.2. The van der Waals surface area contributed by atoms with Gasteiger partial charge in [0.1, 0.15) is 5.69 Å². The Balaban J connectivity index is 1.51. The highest BCUT2D eigenvalue weighted by Gasteiger charge is 2.16. The van der Waals surface area contributed by atoms with Crippen molar-refractivity contribution < 1.29 is 18.9 Å². The fourth-order valence-corrected chi connectivity index (χ4v) is 5.49. The van der Waals surface area contributed by atoms with Gasteiger partial charge in [-0.05, 0) is 61.2 Å². The van der Waals surface area contributed by atoms with Crippen LogP contribution in [0.15, 0.2) is 84.0 Å². The first-order valence-electron chi connectivity index (χ1n) is 12.0. The van der Waals surface area contributed by atoms with Gasteiger partial charge in [0, 0.05) is 47.8 Å². The van der Waals surface area contributed by atoms with Crippen molar-refractivity contribution in [3.8, 4) is 11.8 Å². The second kappa shape index (κ2) is 12.2. The van der Waals surface area contributed by atoms with Crippen molar-refractivity contribution in [1.29, 1.82) is 0 Å². The minimum atomic E-state index is -3.07. The van der Waals surface area contributed by atoms with Gasteiger partial charge in [-0.2, -0.15) is 5.10 Å². The molecule has 0 saturated carbocycles. The summed E-state index contributed by atoms with van der Waals surface area (Å²) in [4.78, 5) is 30.1. The van der Waals surface area contributed by atoms with Gasteiger partial charge < -0.3 is 10.4 Å². The summed E-state index contributed by atoms with van der Waals surface area (Å²) in [5, 5.41) is 17.7. The summed E-state index contributed by atoms with van der Waals surface area (Å²) in [5.41, 5.74) is 3.08. The highest BCUT2D eigenvalue weighted by atomic mass is 32.2. The third kappa shape index (κ3) is 6.98. The molecule has 0 bridgehead atoms. The molecule has 0 fully saturated rings. The largest absolute Gasteiger partial charge is 0.396 e. The Morgan fingerprint density at radius 1 is 1.00 bits per heavy atom. The standard InChI is InChI=1S/C29H27N5O4S/c1-21-16-27(34(2)32-21)29(37)31-25-9-6-8-22(18-25)12-13-23-17-24(20-30-19-23)28(36)33-39(38,15-7-14-35)26-10-4-3-5-11-26/h3-6,8-11,15-20,35H,7,14H2,1-2H3,(H,31,37)(H,33,36,38). The smallest absolute Gasteiger partial charge is 0.273 e. The summed E-state index contributed by atoms with van der Waals surface area (Å²) < 4.78 is 17.7. The number of aliphatic hydroxyl groups is 1. The monoisotopic (exact) mass is 541 g/mol. The van der Waals surface area contributed by atoms with Crippen LogP contribution in [0.1, 0.15) is 44.1 Å². The number of aliphatic hydroxyl groups excluding tert-OH is 1. The van der Waals surface area contributed by atoms with Crippen molar-refractivity contribution >= 4 is 32.6 Å². The second-order valence-corrected chi connectivity index (χ2v) is 10.8. The molecule has 2 amide bonds. The Morgan fingerprint density at radius 3 is 2.49 bits per heavy atom. The number of aromatic nitrogens is 3. The second-order valence-electron chi connectivity index (χ2n) is 8.57. The van der Waals surface area contributed by atoms with Gasteiger partial charge in [-0.25, -0.2) is 4.21 Å². The van der Waals surface area contributed by atoms with Gasteiger partial charge in [-0.15, -0.1) is 0 Å².